The number of pyridine rings is 1. The fraction of sp³-hybridized carbons (Fsp3) is 0.360. The highest BCUT2D eigenvalue weighted by molar-refractivity contribution is 7.80. The highest BCUT2D eigenvalue weighted by Gasteiger charge is 2.44. The summed E-state index contributed by atoms with van der Waals surface area (Å²) in [6, 6.07) is 16.3. The van der Waals surface area contributed by atoms with Crippen molar-refractivity contribution in [3.8, 4) is 11.4 Å². The number of benzene rings is 1. The van der Waals surface area contributed by atoms with Gasteiger partial charge < -0.3 is 19.9 Å². The molecule has 1 aliphatic carbocycles. The molecule has 31 heavy (non-hydrogen) atoms. The first-order valence-corrected chi connectivity index (χ1v) is 11.4. The molecular formula is C25H28N4OS. The monoisotopic (exact) mass is 432 g/mol. The number of aromatic hydroxyl groups is 1. The molecule has 1 saturated heterocycles. The van der Waals surface area contributed by atoms with Gasteiger partial charge in [0.25, 0.3) is 0 Å². The van der Waals surface area contributed by atoms with Crippen molar-refractivity contribution in [3.63, 3.8) is 0 Å². The lowest BCUT2D eigenvalue weighted by molar-refractivity contribution is 0.245. The summed E-state index contributed by atoms with van der Waals surface area (Å²) in [5, 5.41) is 14.9. The van der Waals surface area contributed by atoms with Gasteiger partial charge in [-0.2, -0.15) is 0 Å². The molecule has 2 fully saturated rings. The quantitative estimate of drug-likeness (QED) is 0.561. The van der Waals surface area contributed by atoms with Crippen molar-refractivity contribution in [2.75, 3.05) is 0 Å². The molecule has 5 nitrogen and oxygen atoms in total. The van der Waals surface area contributed by atoms with Gasteiger partial charge in [0, 0.05) is 23.6 Å². The summed E-state index contributed by atoms with van der Waals surface area (Å²) in [7, 11) is 0. The zero-order chi connectivity index (χ0) is 21.5. The molecule has 0 bridgehead atoms. The van der Waals surface area contributed by atoms with Gasteiger partial charge in [0.05, 0.1) is 23.5 Å². The maximum atomic E-state index is 10.5. The van der Waals surface area contributed by atoms with E-state index >= 15 is 0 Å². The van der Waals surface area contributed by atoms with Gasteiger partial charge in [0.1, 0.15) is 5.75 Å². The third kappa shape index (κ3) is 3.39. The number of aryl methyl sites for hydroxylation is 1. The number of aromatic nitrogens is 2. The van der Waals surface area contributed by atoms with Gasteiger partial charge in [-0.3, -0.25) is 4.98 Å². The average molecular weight is 433 g/mol. The molecule has 2 atom stereocenters. The minimum Gasteiger partial charge on any atom is -0.506 e. The molecule has 160 valence electrons. The predicted octanol–water partition coefficient (Wildman–Crippen LogP) is 5.11. The Morgan fingerprint density at radius 3 is 2.52 bits per heavy atom. The normalized spacial score (nSPS) is 21.6. The molecule has 2 N–H and O–H groups in total. The Hall–Kier alpha value is -2.86. The van der Waals surface area contributed by atoms with E-state index in [1.807, 2.05) is 36.5 Å². The number of phenols is 1. The minimum absolute atomic E-state index is 0.00683. The van der Waals surface area contributed by atoms with E-state index < -0.39 is 0 Å². The molecule has 6 heteroatoms. The number of thiocarbonyl (C=S) groups is 1. The summed E-state index contributed by atoms with van der Waals surface area (Å²) < 4.78 is 2.15. The maximum absolute atomic E-state index is 10.5. The minimum atomic E-state index is -0.00683. The second-order valence-electron chi connectivity index (χ2n) is 8.62. The molecule has 0 amide bonds. The lowest BCUT2D eigenvalue weighted by Crippen LogP contribution is -2.37. The first-order valence-electron chi connectivity index (χ1n) is 11.0. The molecule has 3 heterocycles. The van der Waals surface area contributed by atoms with Crippen molar-refractivity contribution < 1.29 is 5.11 Å². The fourth-order valence-electron chi connectivity index (χ4n) is 5.38. The number of para-hydroxylation sites is 2. The van der Waals surface area contributed by atoms with Crippen LogP contribution in [0.3, 0.4) is 0 Å². The predicted molar refractivity (Wildman–Crippen MR) is 126 cm³/mol. The third-order valence-electron chi connectivity index (χ3n) is 6.76. The van der Waals surface area contributed by atoms with Gasteiger partial charge in [0.2, 0.25) is 0 Å². The van der Waals surface area contributed by atoms with E-state index in [0.29, 0.717) is 6.04 Å². The Morgan fingerprint density at radius 2 is 1.81 bits per heavy atom. The van der Waals surface area contributed by atoms with Crippen LogP contribution in [0.1, 0.15) is 60.4 Å². The summed E-state index contributed by atoms with van der Waals surface area (Å²) in [6.45, 7) is 4.23. The van der Waals surface area contributed by atoms with Gasteiger partial charge in [-0.15, -0.1) is 0 Å². The van der Waals surface area contributed by atoms with Gasteiger partial charge in [0.15, 0.2) is 5.11 Å². The lowest BCUT2D eigenvalue weighted by atomic mass is 9.95. The number of nitrogens with zero attached hydrogens (tertiary/aromatic N) is 3. The summed E-state index contributed by atoms with van der Waals surface area (Å²) >= 11 is 5.87. The van der Waals surface area contributed by atoms with Crippen LogP contribution < -0.4 is 5.32 Å². The van der Waals surface area contributed by atoms with E-state index in [2.05, 4.69) is 45.7 Å². The first kappa shape index (κ1) is 20.1. The van der Waals surface area contributed by atoms with Crippen LogP contribution in [-0.4, -0.2) is 30.7 Å². The summed E-state index contributed by atoms with van der Waals surface area (Å²) in [4.78, 5) is 7.10. The molecular weight excluding hydrogens is 404 g/mol. The zero-order valence-corrected chi connectivity index (χ0v) is 18.8. The molecule has 0 radical (unpaired) electrons. The summed E-state index contributed by atoms with van der Waals surface area (Å²) in [6.07, 6.45) is 6.70. The molecule has 2 aliphatic rings. The van der Waals surface area contributed by atoms with Crippen LogP contribution >= 0.6 is 12.2 Å². The van der Waals surface area contributed by atoms with Crippen LogP contribution in [0.2, 0.25) is 0 Å². The standard InChI is InChI=1S/C25H28N4OS/c1-16-15-19(17(2)28(16)21-12-5-6-13-22(21)30)24-23(20-11-7-8-14-26-20)27-25(31)29(24)18-9-3-4-10-18/h5-8,11-15,18,23-24,30H,3-4,9-10H2,1-2H3,(H,27,31)/t23-,24+/m0/s1. The second kappa shape index (κ2) is 8.00. The van der Waals surface area contributed by atoms with Gasteiger partial charge in [-0.25, -0.2) is 0 Å². The number of phenolic OH excluding ortho intramolecular Hbond substituents is 1. The fourth-order valence-corrected chi connectivity index (χ4v) is 5.77. The number of nitrogens with one attached hydrogen (secondary N) is 1. The summed E-state index contributed by atoms with van der Waals surface area (Å²) in [5.74, 6) is 0.282. The number of hydrogen-bond acceptors (Lipinski definition) is 3. The SMILES string of the molecule is Cc1cc([C@@H]2[C@H](c3ccccn3)NC(=S)N2C2CCCC2)c(C)n1-c1ccccc1O. The third-order valence-corrected chi connectivity index (χ3v) is 7.09. The molecule has 1 aromatic carbocycles. The molecule has 3 aromatic rings. The van der Waals surface area contributed by atoms with Crippen molar-refractivity contribution in [1.82, 2.24) is 19.8 Å². The van der Waals surface area contributed by atoms with E-state index in [1.54, 1.807) is 6.07 Å². The Balaban J connectivity index is 1.65. The van der Waals surface area contributed by atoms with Crippen molar-refractivity contribution in [3.05, 3.63) is 77.4 Å². The molecule has 5 rings (SSSR count). The van der Waals surface area contributed by atoms with Crippen LogP contribution in [0.4, 0.5) is 0 Å². The summed E-state index contributed by atoms with van der Waals surface area (Å²) in [5.41, 5.74) is 5.26. The van der Waals surface area contributed by atoms with E-state index in [0.717, 1.165) is 27.9 Å². The Kier molecular flexibility index (Phi) is 5.18. The van der Waals surface area contributed by atoms with Crippen molar-refractivity contribution >= 4 is 17.3 Å². The van der Waals surface area contributed by atoms with Crippen molar-refractivity contribution in [2.24, 2.45) is 0 Å². The van der Waals surface area contributed by atoms with E-state index in [1.165, 1.54) is 31.2 Å². The molecule has 1 saturated carbocycles. The van der Waals surface area contributed by atoms with Crippen LogP contribution in [-0.2, 0) is 0 Å². The van der Waals surface area contributed by atoms with Crippen molar-refractivity contribution in [2.45, 2.75) is 57.7 Å². The molecule has 0 spiro atoms. The molecule has 2 aromatic heterocycles. The second-order valence-corrected chi connectivity index (χ2v) is 9.01. The molecule has 1 aliphatic heterocycles. The topological polar surface area (TPSA) is 53.3 Å². The first-order chi connectivity index (χ1) is 15.1. The van der Waals surface area contributed by atoms with E-state index in [9.17, 15) is 5.11 Å². The smallest absolute Gasteiger partial charge is 0.170 e. The Bertz CT molecular complexity index is 1100. The van der Waals surface area contributed by atoms with Gasteiger partial charge >= 0.3 is 0 Å². The maximum Gasteiger partial charge on any atom is 0.170 e. The van der Waals surface area contributed by atoms with Crippen LogP contribution in [0.15, 0.2) is 54.7 Å². The van der Waals surface area contributed by atoms with Crippen LogP contribution in [0, 0.1) is 13.8 Å². The highest BCUT2D eigenvalue weighted by atomic mass is 32.1. The van der Waals surface area contributed by atoms with E-state index in [4.69, 9.17) is 12.2 Å². The van der Waals surface area contributed by atoms with Crippen LogP contribution in [0.5, 0.6) is 5.75 Å². The van der Waals surface area contributed by atoms with Gasteiger partial charge in [-0.1, -0.05) is 31.0 Å². The van der Waals surface area contributed by atoms with Crippen molar-refractivity contribution in [1.29, 1.82) is 0 Å². The highest BCUT2D eigenvalue weighted by Crippen LogP contribution is 2.45. The molecule has 0 unspecified atom stereocenters. The number of hydrogen-bond donors (Lipinski definition) is 2. The van der Waals surface area contributed by atoms with Crippen LogP contribution in [0.25, 0.3) is 5.69 Å². The zero-order valence-electron chi connectivity index (χ0n) is 18.0. The average Bonchev–Trinajstić information content (AvgIpc) is 3.47. The Morgan fingerprint density at radius 1 is 1.06 bits per heavy atom. The van der Waals surface area contributed by atoms with Gasteiger partial charge in [-0.05, 0) is 74.8 Å². The largest absolute Gasteiger partial charge is 0.506 e. The lowest BCUT2D eigenvalue weighted by Gasteiger charge is -2.33. The number of rotatable bonds is 4. The Labute approximate surface area is 188 Å². The van der Waals surface area contributed by atoms with E-state index in [-0.39, 0.29) is 17.8 Å².